The Balaban J connectivity index is 2.57. The average molecular weight is 222 g/mol. The first kappa shape index (κ1) is 10.9. The smallest absolute Gasteiger partial charge is 0.408 e. The van der Waals surface area contributed by atoms with Crippen molar-refractivity contribution in [2.45, 2.75) is 12.3 Å². The van der Waals surface area contributed by atoms with Crippen molar-refractivity contribution < 1.29 is 9.52 Å². The number of hydrogen-bond donors (Lipinski definition) is 3. The van der Waals surface area contributed by atoms with Crippen LogP contribution in [-0.4, -0.2) is 23.2 Å². The molecule has 0 amide bonds. The van der Waals surface area contributed by atoms with E-state index >= 15 is 0 Å². The van der Waals surface area contributed by atoms with Gasteiger partial charge in [0.1, 0.15) is 0 Å². The van der Waals surface area contributed by atoms with E-state index in [-0.39, 0.29) is 6.61 Å². The third kappa shape index (κ3) is 1.64. The van der Waals surface area contributed by atoms with Crippen molar-refractivity contribution in [2.75, 3.05) is 13.2 Å². The predicted molar refractivity (Wildman–Crippen MR) is 60.3 cm³/mol. The number of benzene rings is 1. The number of hydrogen-bond acceptors (Lipinski definition) is 4. The number of aromatic amines is 1. The van der Waals surface area contributed by atoms with Gasteiger partial charge in [0.2, 0.25) is 0 Å². The highest BCUT2D eigenvalue weighted by atomic mass is 16.4. The number of rotatable bonds is 3. The lowest BCUT2D eigenvalue weighted by Crippen LogP contribution is -2.35. The molecular formula is C11H14N2O3. The second kappa shape index (κ2) is 3.77. The zero-order chi connectivity index (χ0) is 11.8. The van der Waals surface area contributed by atoms with Crippen LogP contribution in [0.5, 0.6) is 0 Å². The topological polar surface area (TPSA) is 92.2 Å². The van der Waals surface area contributed by atoms with Crippen molar-refractivity contribution in [3.63, 3.8) is 0 Å². The first-order valence-electron chi connectivity index (χ1n) is 5.03. The van der Waals surface area contributed by atoms with Crippen LogP contribution in [0.25, 0.3) is 11.1 Å². The van der Waals surface area contributed by atoms with E-state index in [1.165, 1.54) is 0 Å². The van der Waals surface area contributed by atoms with Gasteiger partial charge in [-0.2, -0.15) is 0 Å². The summed E-state index contributed by atoms with van der Waals surface area (Å²) in [5.41, 5.74) is 7.15. The summed E-state index contributed by atoms with van der Waals surface area (Å²) >= 11 is 0. The lowest BCUT2D eigenvalue weighted by molar-refractivity contribution is 0.210. The standard InChI is InChI=1S/C11H14N2O3/c1-11(5-12,6-14)7-2-3-9-8(4-7)13-10(15)16-9/h2-4,14H,5-6,12H2,1H3,(H,13,15). The summed E-state index contributed by atoms with van der Waals surface area (Å²) in [6.07, 6.45) is 0. The molecule has 1 aromatic heterocycles. The molecule has 0 saturated heterocycles. The second-order valence-corrected chi connectivity index (χ2v) is 4.15. The highest BCUT2D eigenvalue weighted by Gasteiger charge is 2.24. The number of oxazole rings is 1. The number of H-pyrrole nitrogens is 1. The van der Waals surface area contributed by atoms with Crippen LogP contribution in [0.2, 0.25) is 0 Å². The molecule has 5 heteroatoms. The SMILES string of the molecule is CC(CN)(CO)c1ccc2oc(=O)[nH]c2c1. The quantitative estimate of drug-likeness (QED) is 0.697. The number of aliphatic hydroxyl groups excluding tert-OH is 1. The Morgan fingerprint density at radius 3 is 2.94 bits per heavy atom. The Labute approximate surface area is 91.9 Å². The van der Waals surface area contributed by atoms with Crippen molar-refractivity contribution in [3.05, 3.63) is 34.3 Å². The zero-order valence-electron chi connectivity index (χ0n) is 8.99. The number of aromatic nitrogens is 1. The lowest BCUT2D eigenvalue weighted by atomic mass is 9.83. The molecule has 2 aromatic rings. The summed E-state index contributed by atoms with van der Waals surface area (Å²) in [6.45, 7) is 2.15. The molecule has 0 bridgehead atoms. The van der Waals surface area contributed by atoms with Crippen molar-refractivity contribution in [1.82, 2.24) is 4.98 Å². The minimum atomic E-state index is -0.498. The van der Waals surface area contributed by atoms with Crippen LogP contribution in [0.1, 0.15) is 12.5 Å². The Hall–Kier alpha value is -1.59. The van der Waals surface area contributed by atoms with Crippen molar-refractivity contribution in [1.29, 1.82) is 0 Å². The molecule has 2 rings (SSSR count). The molecule has 0 saturated carbocycles. The summed E-state index contributed by atoms with van der Waals surface area (Å²) in [4.78, 5) is 13.6. The van der Waals surface area contributed by atoms with Gasteiger partial charge in [0, 0.05) is 12.0 Å². The van der Waals surface area contributed by atoms with Crippen molar-refractivity contribution in [3.8, 4) is 0 Å². The van der Waals surface area contributed by atoms with Crippen LogP contribution in [0.3, 0.4) is 0 Å². The van der Waals surface area contributed by atoms with Gasteiger partial charge in [0.25, 0.3) is 0 Å². The van der Waals surface area contributed by atoms with Gasteiger partial charge < -0.3 is 15.3 Å². The zero-order valence-corrected chi connectivity index (χ0v) is 8.99. The molecular weight excluding hydrogens is 208 g/mol. The van der Waals surface area contributed by atoms with Crippen LogP contribution in [0.15, 0.2) is 27.4 Å². The van der Waals surface area contributed by atoms with E-state index in [2.05, 4.69) is 4.98 Å². The van der Waals surface area contributed by atoms with E-state index < -0.39 is 11.2 Å². The fourth-order valence-corrected chi connectivity index (χ4v) is 1.60. The summed E-state index contributed by atoms with van der Waals surface area (Å²) < 4.78 is 4.90. The van der Waals surface area contributed by atoms with Crippen molar-refractivity contribution in [2.24, 2.45) is 5.73 Å². The van der Waals surface area contributed by atoms with Gasteiger partial charge >= 0.3 is 5.76 Å². The Morgan fingerprint density at radius 2 is 2.31 bits per heavy atom. The van der Waals surface area contributed by atoms with Crippen LogP contribution < -0.4 is 11.5 Å². The summed E-state index contributed by atoms with van der Waals surface area (Å²) in [5, 5.41) is 9.34. The average Bonchev–Trinajstić information content (AvgIpc) is 2.67. The second-order valence-electron chi connectivity index (χ2n) is 4.15. The van der Waals surface area contributed by atoms with Crippen LogP contribution in [0.4, 0.5) is 0 Å². The van der Waals surface area contributed by atoms with E-state index in [1.807, 2.05) is 13.0 Å². The summed E-state index contributed by atoms with van der Waals surface area (Å²) in [6, 6.07) is 5.29. The summed E-state index contributed by atoms with van der Waals surface area (Å²) in [5.74, 6) is -0.481. The molecule has 0 aliphatic heterocycles. The molecule has 1 unspecified atom stereocenters. The summed E-state index contributed by atoms with van der Waals surface area (Å²) in [7, 11) is 0. The molecule has 1 aromatic carbocycles. The molecule has 0 aliphatic rings. The van der Waals surface area contributed by atoms with Gasteiger partial charge in [-0.3, -0.25) is 4.98 Å². The Morgan fingerprint density at radius 1 is 1.56 bits per heavy atom. The largest absolute Gasteiger partial charge is 0.417 e. The third-order valence-electron chi connectivity index (χ3n) is 2.92. The predicted octanol–water partition coefficient (Wildman–Crippen LogP) is 0.330. The van der Waals surface area contributed by atoms with Gasteiger partial charge in [0.05, 0.1) is 12.1 Å². The lowest BCUT2D eigenvalue weighted by Gasteiger charge is -2.25. The van der Waals surface area contributed by atoms with Crippen LogP contribution in [0, 0.1) is 0 Å². The third-order valence-corrected chi connectivity index (χ3v) is 2.92. The normalized spacial score (nSPS) is 15.2. The first-order chi connectivity index (χ1) is 7.59. The first-order valence-corrected chi connectivity index (χ1v) is 5.03. The van der Waals surface area contributed by atoms with Gasteiger partial charge in [-0.05, 0) is 17.7 Å². The maximum absolute atomic E-state index is 11.0. The van der Waals surface area contributed by atoms with Crippen molar-refractivity contribution >= 4 is 11.1 Å². The maximum atomic E-state index is 11.0. The Bertz CT molecular complexity index is 552. The van der Waals surface area contributed by atoms with Crippen LogP contribution >= 0.6 is 0 Å². The molecule has 86 valence electrons. The molecule has 1 atom stereocenters. The Kier molecular flexibility index (Phi) is 2.57. The molecule has 16 heavy (non-hydrogen) atoms. The van der Waals surface area contributed by atoms with E-state index in [0.717, 1.165) is 5.56 Å². The fraction of sp³-hybridized carbons (Fsp3) is 0.364. The monoisotopic (exact) mass is 222 g/mol. The van der Waals surface area contributed by atoms with Gasteiger partial charge in [-0.15, -0.1) is 0 Å². The molecule has 1 heterocycles. The van der Waals surface area contributed by atoms with Crippen LogP contribution in [-0.2, 0) is 5.41 Å². The molecule has 0 fully saturated rings. The molecule has 4 N–H and O–H groups in total. The molecule has 0 aliphatic carbocycles. The molecule has 0 radical (unpaired) electrons. The number of nitrogens with two attached hydrogens (primary N) is 1. The van der Waals surface area contributed by atoms with Gasteiger partial charge in [-0.25, -0.2) is 4.79 Å². The number of fused-ring (bicyclic) bond motifs is 1. The number of aliphatic hydroxyl groups is 1. The minimum Gasteiger partial charge on any atom is -0.408 e. The van der Waals surface area contributed by atoms with Gasteiger partial charge in [0.15, 0.2) is 5.58 Å². The van der Waals surface area contributed by atoms with E-state index in [1.54, 1.807) is 12.1 Å². The highest BCUT2D eigenvalue weighted by molar-refractivity contribution is 5.73. The maximum Gasteiger partial charge on any atom is 0.417 e. The number of nitrogens with one attached hydrogen (secondary N) is 1. The fourth-order valence-electron chi connectivity index (χ4n) is 1.60. The van der Waals surface area contributed by atoms with Gasteiger partial charge in [-0.1, -0.05) is 13.0 Å². The molecule has 0 spiro atoms. The minimum absolute atomic E-state index is 0.0446. The highest BCUT2D eigenvalue weighted by Crippen LogP contribution is 2.24. The van der Waals surface area contributed by atoms with E-state index in [4.69, 9.17) is 10.2 Å². The van der Waals surface area contributed by atoms with E-state index in [0.29, 0.717) is 17.6 Å². The van der Waals surface area contributed by atoms with E-state index in [9.17, 15) is 9.90 Å². The molecule has 5 nitrogen and oxygen atoms in total.